The van der Waals surface area contributed by atoms with Gasteiger partial charge in [-0.1, -0.05) is 0 Å². The highest BCUT2D eigenvalue weighted by Gasteiger charge is 2.46. The van der Waals surface area contributed by atoms with Gasteiger partial charge in [0, 0.05) is 36.7 Å². The van der Waals surface area contributed by atoms with Crippen molar-refractivity contribution in [1.29, 1.82) is 0 Å². The molecule has 34 heavy (non-hydrogen) atoms. The molecular formula is C23H24F3N7O. The van der Waals surface area contributed by atoms with Gasteiger partial charge in [-0.3, -0.25) is 14.6 Å². The Hall–Kier alpha value is -3.37. The number of aromatic nitrogens is 5. The smallest absolute Gasteiger partial charge is 0.356 e. The SMILES string of the molecule is Cc1[nH]nc2c1CC[C@H]2NC(=O)c1cnn(Cc2cnc(N3CC4CC4C3)cc2C(F)(F)F)c1. The van der Waals surface area contributed by atoms with E-state index in [1.54, 1.807) is 0 Å². The first-order valence-corrected chi connectivity index (χ1v) is 11.4. The lowest BCUT2D eigenvalue weighted by Crippen LogP contribution is -2.27. The molecule has 3 aliphatic rings. The summed E-state index contributed by atoms with van der Waals surface area (Å²) < 4.78 is 42.9. The number of aromatic amines is 1. The van der Waals surface area contributed by atoms with Crippen molar-refractivity contribution in [3.05, 3.63) is 58.3 Å². The molecule has 11 heteroatoms. The number of nitrogens with zero attached hydrogens (tertiary/aromatic N) is 5. The number of halogens is 3. The minimum absolute atomic E-state index is 0.0168. The van der Waals surface area contributed by atoms with Crippen molar-refractivity contribution < 1.29 is 18.0 Å². The second kappa shape index (κ2) is 7.57. The molecule has 0 spiro atoms. The van der Waals surface area contributed by atoms with Crippen LogP contribution in [-0.2, 0) is 19.1 Å². The van der Waals surface area contributed by atoms with Gasteiger partial charge < -0.3 is 10.2 Å². The Kier molecular flexibility index (Phi) is 4.72. The zero-order valence-electron chi connectivity index (χ0n) is 18.6. The number of carbonyl (C=O) groups is 1. The molecule has 4 heterocycles. The molecule has 0 bridgehead atoms. The first-order chi connectivity index (χ1) is 16.3. The summed E-state index contributed by atoms with van der Waals surface area (Å²) in [6.07, 6.45) is 2.37. The lowest BCUT2D eigenvalue weighted by Gasteiger charge is -2.21. The summed E-state index contributed by atoms with van der Waals surface area (Å²) in [5, 5.41) is 14.3. The van der Waals surface area contributed by atoms with Crippen LogP contribution in [0, 0.1) is 18.8 Å². The summed E-state index contributed by atoms with van der Waals surface area (Å²) in [5.41, 5.74) is 2.56. The molecule has 1 aliphatic heterocycles. The summed E-state index contributed by atoms with van der Waals surface area (Å²) in [6.45, 7) is 3.36. The Labute approximate surface area is 193 Å². The number of hydrogen-bond acceptors (Lipinski definition) is 5. The van der Waals surface area contributed by atoms with Gasteiger partial charge in [0.15, 0.2) is 0 Å². The van der Waals surface area contributed by atoms with E-state index in [2.05, 4.69) is 25.6 Å². The number of alkyl halides is 3. The van der Waals surface area contributed by atoms with Crippen molar-refractivity contribution in [2.75, 3.05) is 18.0 Å². The van der Waals surface area contributed by atoms with Crippen LogP contribution in [0.5, 0.6) is 0 Å². The summed E-state index contributed by atoms with van der Waals surface area (Å²) in [5.74, 6) is 1.23. The maximum absolute atomic E-state index is 13.8. The Bertz CT molecular complexity index is 1250. The second-order valence-electron chi connectivity index (χ2n) is 9.56. The molecular weight excluding hydrogens is 447 g/mol. The number of nitrogens with one attached hydrogen (secondary N) is 2. The molecule has 178 valence electrons. The highest BCUT2D eigenvalue weighted by atomic mass is 19.4. The van der Waals surface area contributed by atoms with Gasteiger partial charge in [0.1, 0.15) is 5.82 Å². The fourth-order valence-corrected chi connectivity index (χ4v) is 5.25. The summed E-state index contributed by atoms with van der Waals surface area (Å²) in [6, 6.07) is 0.946. The molecule has 3 aromatic heterocycles. The van der Waals surface area contributed by atoms with Crippen LogP contribution in [0.2, 0.25) is 0 Å². The quantitative estimate of drug-likeness (QED) is 0.596. The first-order valence-electron chi connectivity index (χ1n) is 11.4. The predicted molar refractivity (Wildman–Crippen MR) is 116 cm³/mol. The van der Waals surface area contributed by atoms with Gasteiger partial charge in [0.25, 0.3) is 5.91 Å². The first kappa shape index (κ1) is 21.2. The molecule has 2 N–H and O–H groups in total. The average Bonchev–Trinajstić information content (AvgIpc) is 3.26. The van der Waals surface area contributed by atoms with E-state index in [1.165, 1.54) is 29.7 Å². The molecule has 0 aromatic carbocycles. The third kappa shape index (κ3) is 3.72. The molecule has 6 rings (SSSR count). The number of rotatable bonds is 5. The normalized spacial score (nSPS) is 23.2. The predicted octanol–water partition coefficient (Wildman–Crippen LogP) is 3.25. The van der Waals surface area contributed by atoms with Gasteiger partial charge >= 0.3 is 6.18 Å². The van der Waals surface area contributed by atoms with E-state index >= 15 is 0 Å². The van der Waals surface area contributed by atoms with Gasteiger partial charge in [0.05, 0.1) is 35.6 Å². The Balaban J connectivity index is 1.18. The molecule has 0 radical (unpaired) electrons. The monoisotopic (exact) mass is 471 g/mol. The zero-order chi connectivity index (χ0) is 23.6. The maximum Gasteiger partial charge on any atom is 0.416 e. The Morgan fingerprint density at radius 2 is 2.06 bits per heavy atom. The van der Waals surface area contributed by atoms with Crippen molar-refractivity contribution in [2.24, 2.45) is 11.8 Å². The number of amides is 1. The number of aryl methyl sites for hydroxylation is 1. The van der Waals surface area contributed by atoms with Crippen LogP contribution in [0.1, 0.15) is 57.3 Å². The van der Waals surface area contributed by atoms with E-state index in [1.807, 2.05) is 11.8 Å². The number of piperidine rings is 1. The van der Waals surface area contributed by atoms with Crippen molar-refractivity contribution in [3.8, 4) is 0 Å². The van der Waals surface area contributed by atoms with Crippen molar-refractivity contribution in [1.82, 2.24) is 30.3 Å². The van der Waals surface area contributed by atoms with Crippen LogP contribution in [0.4, 0.5) is 19.0 Å². The molecule has 2 unspecified atom stereocenters. The molecule has 2 aliphatic carbocycles. The second-order valence-corrected chi connectivity index (χ2v) is 9.56. The van der Waals surface area contributed by atoms with E-state index in [0.29, 0.717) is 17.7 Å². The standard InChI is InChI=1S/C23H24F3N7O/c1-12-17-2-3-19(21(17)31-30-12)29-22(34)16-7-28-33(11-16)10-15-6-27-20(5-18(15)23(24,25)26)32-8-13-4-14(13)9-32/h5-7,11,13-14,19H,2-4,8-10H2,1H3,(H,29,34)(H,30,31)/t13?,14?,19-/m1/s1. The van der Waals surface area contributed by atoms with Gasteiger partial charge in [-0.15, -0.1) is 0 Å². The van der Waals surface area contributed by atoms with E-state index in [9.17, 15) is 18.0 Å². The molecule has 1 saturated carbocycles. The third-order valence-electron chi connectivity index (χ3n) is 7.23. The van der Waals surface area contributed by atoms with Crippen LogP contribution >= 0.6 is 0 Å². The average molecular weight is 471 g/mol. The van der Waals surface area contributed by atoms with E-state index < -0.39 is 11.7 Å². The fourth-order valence-electron chi connectivity index (χ4n) is 5.25. The largest absolute Gasteiger partial charge is 0.416 e. The molecule has 3 atom stereocenters. The third-order valence-corrected chi connectivity index (χ3v) is 7.23. The Morgan fingerprint density at radius 1 is 1.26 bits per heavy atom. The fraction of sp³-hybridized carbons (Fsp3) is 0.478. The molecule has 2 fully saturated rings. The van der Waals surface area contributed by atoms with E-state index in [0.717, 1.165) is 48.9 Å². The van der Waals surface area contributed by atoms with Crippen LogP contribution in [0.15, 0.2) is 24.7 Å². The van der Waals surface area contributed by atoms with Gasteiger partial charge in [0.2, 0.25) is 0 Å². The highest BCUT2D eigenvalue weighted by Crippen LogP contribution is 2.46. The van der Waals surface area contributed by atoms with Crippen molar-refractivity contribution in [2.45, 2.75) is 44.9 Å². The molecule has 1 saturated heterocycles. The van der Waals surface area contributed by atoms with E-state index in [4.69, 9.17) is 0 Å². The summed E-state index contributed by atoms with van der Waals surface area (Å²) in [7, 11) is 0. The minimum Gasteiger partial charge on any atom is -0.356 e. The molecule has 8 nitrogen and oxygen atoms in total. The number of hydrogen-bond donors (Lipinski definition) is 2. The van der Waals surface area contributed by atoms with Crippen LogP contribution < -0.4 is 10.2 Å². The number of carbonyl (C=O) groups excluding carboxylic acids is 1. The summed E-state index contributed by atoms with van der Waals surface area (Å²) >= 11 is 0. The van der Waals surface area contributed by atoms with Gasteiger partial charge in [-0.2, -0.15) is 23.4 Å². The van der Waals surface area contributed by atoms with E-state index in [-0.39, 0.29) is 29.6 Å². The number of pyridine rings is 1. The molecule has 1 amide bonds. The van der Waals surface area contributed by atoms with Crippen LogP contribution in [0.3, 0.4) is 0 Å². The lowest BCUT2D eigenvalue weighted by molar-refractivity contribution is -0.138. The number of anilines is 1. The minimum atomic E-state index is -4.51. The van der Waals surface area contributed by atoms with Crippen LogP contribution in [-0.4, -0.2) is 44.0 Å². The lowest BCUT2D eigenvalue weighted by atomic mass is 10.1. The zero-order valence-corrected chi connectivity index (χ0v) is 18.6. The maximum atomic E-state index is 13.8. The number of fused-ring (bicyclic) bond motifs is 2. The number of H-pyrrole nitrogens is 1. The van der Waals surface area contributed by atoms with Crippen molar-refractivity contribution >= 4 is 11.7 Å². The van der Waals surface area contributed by atoms with Crippen molar-refractivity contribution in [3.63, 3.8) is 0 Å². The molecule has 3 aromatic rings. The van der Waals surface area contributed by atoms with Gasteiger partial charge in [-0.25, -0.2) is 4.98 Å². The topological polar surface area (TPSA) is 91.7 Å². The Morgan fingerprint density at radius 3 is 2.82 bits per heavy atom. The van der Waals surface area contributed by atoms with Gasteiger partial charge in [-0.05, 0) is 49.7 Å². The van der Waals surface area contributed by atoms with Crippen LogP contribution in [0.25, 0.3) is 0 Å². The highest BCUT2D eigenvalue weighted by molar-refractivity contribution is 5.94. The summed E-state index contributed by atoms with van der Waals surface area (Å²) in [4.78, 5) is 19.0.